The summed E-state index contributed by atoms with van der Waals surface area (Å²) in [6.45, 7) is 6.47. The van der Waals surface area contributed by atoms with Gasteiger partial charge < -0.3 is 14.2 Å². The normalized spacial score (nSPS) is 12.9. The van der Waals surface area contributed by atoms with Crippen LogP contribution in [0.3, 0.4) is 0 Å². The van der Waals surface area contributed by atoms with Crippen LogP contribution < -0.4 is 0 Å². The first kappa shape index (κ1) is 74.8. The summed E-state index contributed by atoms with van der Waals surface area (Å²) in [5.74, 6) is -0.940. The molecule has 0 fully saturated rings. The van der Waals surface area contributed by atoms with Crippen LogP contribution in [0.2, 0.25) is 0 Å². The van der Waals surface area contributed by atoms with Gasteiger partial charge in [-0.05, 0) is 135 Å². The lowest BCUT2D eigenvalue weighted by Crippen LogP contribution is -2.30. The highest BCUT2D eigenvalue weighted by molar-refractivity contribution is 5.71. The average molecular weight is 1100 g/mol. The number of carbonyl (C=O) groups excluding carboxylic acids is 3. The van der Waals surface area contributed by atoms with Crippen LogP contribution in [0.1, 0.15) is 303 Å². The monoisotopic (exact) mass is 1090 g/mol. The Morgan fingerprint density at radius 1 is 0.266 bits per heavy atom. The first-order chi connectivity index (χ1) is 39.0. The molecule has 0 aliphatic carbocycles. The van der Waals surface area contributed by atoms with Gasteiger partial charge in [0.15, 0.2) is 6.10 Å². The van der Waals surface area contributed by atoms with Gasteiger partial charge in [0.05, 0.1) is 0 Å². The van der Waals surface area contributed by atoms with Crippen LogP contribution in [0.4, 0.5) is 0 Å². The highest BCUT2D eigenvalue weighted by Gasteiger charge is 2.19. The van der Waals surface area contributed by atoms with Crippen molar-refractivity contribution in [3.63, 3.8) is 0 Å². The van der Waals surface area contributed by atoms with Gasteiger partial charge in [-0.3, -0.25) is 14.4 Å². The zero-order valence-electron chi connectivity index (χ0n) is 51.6. The highest BCUT2D eigenvalue weighted by atomic mass is 16.6. The molecule has 6 nitrogen and oxygen atoms in total. The van der Waals surface area contributed by atoms with Crippen molar-refractivity contribution < 1.29 is 28.6 Å². The third-order valence-electron chi connectivity index (χ3n) is 13.9. The molecule has 0 aliphatic rings. The molecule has 0 aliphatic heterocycles. The van der Waals surface area contributed by atoms with Crippen molar-refractivity contribution >= 4 is 17.9 Å². The second kappa shape index (κ2) is 66.3. The number of allylic oxidation sites excluding steroid dienone is 20. The molecule has 6 heteroatoms. The molecule has 0 saturated carbocycles. The Hall–Kier alpha value is -4.19. The Bertz CT molecular complexity index is 1640. The van der Waals surface area contributed by atoms with E-state index in [4.69, 9.17) is 14.2 Å². The van der Waals surface area contributed by atoms with Gasteiger partial charge in [-0.15, -0.1) is 0 Å². The van der Waals surface area contributed by atoms with Crippen LogP contribution in [-0.4, -0.2) is 37.2 Å². The summed E-state index contributed by atoms with van der Waals surface area (Å²) in [6.07, 6.45) is 92.0. The fourth-order valence-corrected chi connectivity index (χ4v) is 8.98. The van der Waals surface area contributed by atoms with Crippen molar-refractivity contribution in [1.82, 2.24) is 0 Å². The van der Waals surface area contributed by atoms with E-state index in [0.717, 1.165) is 128 Å². The minimum atomic E-state index is -0.808. The Labute approximate surface area is 488 Å². The summed E-state index contributed by atoms with van der Waals surface area (Å²) in [5, 5.41) is 0. The molecule has 0 N–H and O–H groups in total. The molecule has 0 spiro atoms. The molecule has 0 radical (unpaired) electrons. The van der Waals surface area contributed by atoms with Crippen molar-refractivity contribution in [3.8, 4) is 0 Å². The summed E-state index contributed by atoms with van der Waals surface area (Å²) in [4.78, 5) is 38.4. The van der Waals surface area contributed by atoms with E-state index >= 15 is 0 Å². The van der Waals surface area contributed by atoms with E-state index in [0.29, 0.717) is 12.8 Å². The maximum Gasteiger partial charge on any atom is 0.306 e. The topological polar surface area (TPSA) is 78.9 Å². The van der Waals surface area contributed by atoms with E-state index in [1.165, 1.54) is 135 Å². The van der Waals surface area contributed by atoms with Gasteiger partial charge in [0, 0.05) is 19.3 Å². The van der Waals surface area contributed by atoms with Crippen molar-refractivity contribution in [2.24, 2.45) is 0 Å². The fourth-order valence-electron chi connectivity index (χ4n) is 8.98. The van der Waals surface area contributed by atoms with Crippen LogP contribution in [0.15, 0.2) is 122 Å². The zero-order valence-corrected chi connectivity index (χ0v) is 51.6. The standard InChI is InChI=1S/C73H122O6/c1-4-7-10-13-16-19-22-25-28-31-34-35-36-37-40-42-45-48-51-54-57-60-63-66-72(75)78-69-70(79-73(76)67-64-61-58-55-52-49-46-43-39-33-30-27-24-21-18-15-12-9-6-3)68-77-71(74)65-62-59-56-53-50-47-44-41-38-32-29-26-23-20-17-14-11-8-5-2/h9,12,17-18,20-22,25-27,29-31,34,38-39,41,43,49,52,70H,4-8,10-11,13-16,19,23-24,28,32-33,35-37,40,42,44-48,50-51,53-69H2,1-3H3/b12-9-,20-17-,21-18-,25-22-,29-26-,30-27-,34-31-,41-38-,43-39-,52-49-. The quantitative estimate of drug-likeness (QED) is 0.0261. The molecule has 79 heavy (non-hydrogen) atoms. The molecular formula is C73H122O6. The summed E-state index contributed by atoms with van der Waals surface area (Å²) >= 11 is 0. The average Bonchev–Trinajstić information content (AvgIpc) is 3.45. The predicted octanol–water partition coefficient (Wildman–Crippen LogP) is 22.8. The van der Waals surface area contributed by atoms with Crippen LogP contribution in [0, 0.1) is 0 Å². The van der Waals surface area contributed by atoms with E-state index in [1.807, 2.05) is 0 Å². The molecule has 0 rings (SSSR count). The maximum atomic E-state index is 12.9. The summed E-state index contributed by atoms with van der Waals surface area (Å²) in [7, 11) is 0. The van der Waals surface area contributed by atoms with Crippen molar-refractivity contribution in [1.29, 1.82) is 0 Å². The third kappa shape index (κ3) is 64.5. The number of rotatable bonds is 59. The molecule has 0 bridgehead atoms. The smallest absolute Gasteiger partial charge is 0.306 e. The zero-order chi connectivity index (χ0) is 57.1. The minimum absolute atomic E-state index is 0.0989. The van der Waals surface area contributed by atoms with E-state index in [-0.39, 0.29) is 37.5 Å². The van der Waals surface area contributed by atoms with Crippen LogP contribution in [0.5, 0.6) is 0 Å². The first-order valence-corrected chi connectivity index (χ1v) is 33.0. The minimum Gasteiger partial charge on any atom is -0.462 e. The van der Waals surface area contributed by atoms with Crippen molar-refractivity contribution in [3.05, 3.63) is 122 Å². The Morgan fingerprint density at radius 2 is 0.494 bits per heavy atom. The molecule has 0 amide bonds. The second-order valence-electron chi connectivity index (χ2n) is 21.6. The Morgan fingerprint density at radius 3 is 0.810 bits per heavy atom. The molecule has 0 heterocycles. The van der Waals surface area contributed by atoms with Gasteiger partial charge in [0.25, 0.3) is 0 Å². The number of hydrogen-bond donors (Lipinski definition) is 0. The van der Waals surface area contributed by atoms with Crippen LogP contribution in [0.25, 0.3) is 0 Å². The van der Waals surface area contributed by atoms with Crippen LogP contribution >= 0.6 is 0 Å². The molecule has 1 atom stereocenters. The third-order valence-corrected chi connectivity index (χ3v) is 13.9. The largest absolute Gasteiger partial charge is 0.462 e. The SMILES string of the molecule is CC/C=C\C/C=C\C/C=C\C/C=C\C/C=C\CCCCCC(=O)OC(COC(=O)CCCCCCCC/C=C\C/C=C\C/C=C\CCCCC)COC(=O)CCCCCCCCCCCCC/C=C\C/C=C\CCCCCCC. The first-order valence-electron chi connectivity index (χ1n) is 33.0. The molecule has 0 aromatic heterocycles. The number of hydrogen-bond acceptors (Lipinski definition) is 6. The predicted molar refractivity (Wildman–Crippen MR) is 343 cm³/mol. The molecule has 0 saturated heterocycles. The number of ether oxygens (including phenoxy) is 3. The Kier molecular flexibility index (Phi) is 62.8. The lowest BCUT2D eigenvalue weighted by molar-refractivity contribution is -0.167. The van der Waals surface area contributed by atoms with Crippen LogP contribution in [-0.2, 0) is 28.6 Å². The van der Waals surface area contributed by atoms with Gasteiger partial charge in [0.2, 0.25) is 0 Å². The summed E-state index contributed by atoms with van der Waals surface area (Å²) in [6, 6.07) is 0. The molecule has 1 unspecified atom stereocenters. The molecule has 0 aromatic rings. The lowest BCUT2D eigenvalue weighted by atomic mass is 10.0. The van der Waals surface area contributed by atoms with Gasteiger partial charge >= 0.3 is 17.9 Å². The number of carbonyl (C=O) groups is 3. The lowest BCUT2D eigenvalue weighted by Gasteiger charge is -2.18. The van der Waals surface area contributed by atoms with Gasteiger partial charge in [-0.2, -0.15) is 0 Å². The van der Waals surface area contributed by atoms with Gasteiger partial charge in [0.1, 0.15) is 13.2 Å². The Balaban J connectivity index is 4.46. The number of unbranched alkanes of at least 4 members (excludes halogenated alkanes) is 28. The molecule has 450 valence electrons. The highest BCUT2D eigenvalue weighted by Crippen LogP contribution is 2.15. The van der Waals surface area contributed by atoms with E-state index in [2.05, 4.69) is 142 Å². The fraction of sp³-hybridized carbons (Fsp3) is 0.685. The maximum absolute atomic E-state index is 12.9. The van der Waals surface area contributed by atoms with Gasteiger partial charge in [-0.1, -0.05) is 271 Å². The van der Waals surface area contributed by atoms with E-state index in [9.17, 15) is 14.4 Å². The van der Waals surface area contributed by atoms with Crippen molar-refractivity contribution in [2.75, 3.05) is 13.2 Å². The second-order valence-corrected chi connectivity index (χ2v) is 21.6. The molecular weight excluding hydrogens is 973 g/mol. The van der Waals surface area contributed by atoms with E-state index < -0.39 is 6.10 Å². The summed E-state index contributed by atoms with van der Waals surface area (Å²) < 4.78 is 16.9. The van der Waals surface area contributed by atoms with Crippen molar-refractivity contribution in [2.45, 2.75) is 309 Å². The van der Waals surface area contributed by atoms with Gasteiger partial charge in [-0.25, -0.2) is 0 Å². The number of esters is 3. The van der Waals surface area contributed by atoms with E-state index in [1.54, 1.807) is 0 Å². The molecule has 0 aromatic carbocycles. The summed E-state index contributed by atoms with van der Waals surface area (Å²) in [5.41, 5.74) is 0.